The molecule has 2 aromatic carbocycles. The molecule has 0 unspecified atom stereocenters. The Morgan fingerprint density at radius 1 is 1.17 bits per heavy atom. The molecule has 154 valence electrons. The smallest absolute Gasteiger partial charge is 0.338 e. The van der Waals surface area contributed by atoms with E-state index in [1.165, 1.54) is 35.9 Å². The van der Waals surface area contributed by atoms with Crippen LogP contribution in [0.3, 0.4) is 0 Å². The minimum Gasteiger partial charge on any atom is -0.452 e. The molecule has 0 saturated heterocycles. The molecular weight excluding hydrogens is 396 g/mol. The first kappa shape index (κ1) is 22.4. The Balaban J connectivity index is 2.03. The number of benzene rings is 2. The van der Waals surface area contributed by atoms with E-state index in [-0.39, 0.29) is 17.2 Å². The van der Waals surface area contributed by atoms with E-state index < -0.39 is 17.5 Å². The lowest BCUT2D eigenvalue weighted by atomic mass is 10.2. The molecule has 0 aliphatic carbocycles. The van der Waals surface area contributed by atoms with Crippen molar-refractivity contribution >= 4 is 29.3 Å². The SMILES string of the molecule is COCCN(Cc1ccccc1)C(=O)COC(=O)c1ccc(SC)c([N+](=O)[O-])c1. The number of hydrogen-bond donors (Lipinski definition) is 0. The van der Waals surface area contributed by atoms with Crippen molar-refractivity contribution < 1.29 is 24.0 Å². The van der Waals surface area contributed by atoms with Crippen LogP contribution >= 0.6 is 11.8 Å². The van der Waals surface area contributed by atoms with Gasteiger partial charge in [-0.25, -0.2) is 4.79 Å². The van der Waals surface area contributed by atoms with Crippen LogP contribution in [0, 0.1) is 10.1 Å². The Morgan fingerprint density at radius 3 is 2.52 bits per heavy atom. The summed E-state index contributed by atoms with van der Waals surface area (Å²) in [4.78, 5) is 37.4. The maximum absolute atomic E-state index is 12.5. The summed E-state index contributed by atoms with van der Waals surface area (Å²) in [5.41, 5.74) is 0.782. The number of rotatable bonds is 10. The Hall–Kier alpha value is -2.91. The highest BCUT2D eigenvalue weighted by Gasteiger charge is 2.20. The van der Waals surface area contributed by atoms with Gasteiger partial charge in [-0.1, -0.05) is 30.3 Å². The largest absolute Gasteiger partial charge is 0.452 e. The highest BCUT2D eigenvalue weighted by molar-refractivity contribution is 7.98. The number of amides is 1. The summed E-state index contributed by atoms with van der Waals surface area (Å²) < 4.78 is 10.1. The van der Waals surface area contributed by atoms with Crippen molar-refractivity contribution in [2.75, 3.05) is 33.1 Å². The second kappa shape index (κ2) is 11.2. The first-order valence-electron chi connectivity index (χ1n) is 8.76. The molecule has 0 atom stereocenters. The van der Waals surface area contributed by atoms with Crippen molar-refractivity contribution in [3.63, 3.8) is 0 Å². The van der Waals surface area contributed by atoms with Crippen molar-refractivity contribution in [3.8, 4) is 0 Å². The van der Waals surface area contributed by atoms with Crippen molar-refractivity contribution in [2.24, 2.45) is 0 Å². The van der Waals surface area contributed by atoms with Crippen LogP contribution in [0.25, 0.3) is 0 Å². The summed E-state index contributed by atoms with van der Waals surface area (Å²) in [6.45, 7) is 0.576. The molecule has 8 nitrogen and oxygen atoms in total. The highest BCUT2D eigenvalue weighted by atomic mass is 32.2. The summed E-state index contributed by atoms with van der Waals surface area (Å²) in [6, 6.07) is 13.5. The van der Waals surface area contributed by atoms with Crippen molar-refractivity contribution in [2.45, 2.75) is 11.4 Å². The van der Waals surface area contributed by atoms with Crippen molar-refractivity contribution in [1.29, 1.82) is 0 Å². The number of nitro benzene ring substituents is 1. The van der Waals surface area contributed by atoms with E-state index in [9.17, 15) is 19.7 Å². The summed E-state index contributed by atoms with van der Waals surface area (Å²) in [7, 11) is 1.54. The first-order chi connectivity index (χ1) is 14.0. The van der Waals surface area contributed by atoms with Crippen LogP contribution in [-0.4, -0.2) is 54.8 Å². The number of nitrogens with zero attached hydrogens (tertiary/aromatic N) is 2. The molecule has 0 saturated carbocycles. The fourth-order valence-corrected chi connectivity index (χ4v) is 3.11. The van der Waals surface area contributed by atoms with Gasteiger partial charge in [-0.15, -0.1) is 11.8 Å². The summed E-state index contributed by atoms with van der Waals surface area (Å²) in [5.74, 6) is -1.17. The number of esters is 1. The zero-order chi connectivity index (χ0) is 21.2. The number of ether oxygens (including phenoxy) is 2. The van der Waals surface area contributed by atoms with Crippen LogP contribution in [0.1, 0.15) is 15.9 Å². The molecule has 0 aromatic heterocycles. The molecule has 2 rings (SSSR count). The standard InChI is InChI=1S/C20H22N2O6S/c1-27-11-10-21(13-15-6-4-3-5-7-15)19(23)14-28-20(24)16-8-9-18(29-2)17(12-16)22(25)26/h3-9,12H,10-11,13-14H2,1-2H3. The van der Waals surface area contributed by atoms with E-state index in [0.717, 1.165) is 11.6 Å². The van der Waals surface area contributed by atoms with E-state index in [4.69, 9.17) is 9.47 Å². The fourth-order valence-electron chi connectivity index (χ4n) is 2.56. The lowest BCUT2D eigenvalue weighted by Gasteiger charge is -2.22. The molecule has 29 heavy (non-hydrogen) atoms. The van der Waals surface area contributed by atoms with E-state index in [2.05, 4.69) is 0 Å². The van der Waals surface area contributed by atoms with Crippen LogP contribution in [0.2, 0.25) is 0 Å². The third-order valence-electron chi connectivity index (χ3n) is 4.07. The first-order valence-corrected chi connectivity index (χ1v) is 9.99. The molecule has 0 fully saturated rings. The number of thioether (sulfide) groups is 1. The van der Waals surface area contributed by atoms with Gasteiger partial charge in [0.25, 0.3) is 11.6 Å². The Labute approximate surface area is 172 Å². The van der Waals surface area contributed by atoms with Crippen LogP contribution in [-0.2, 0) is 20.8 Å². The third kappa shape index (κ3) is 6.58. The minimum atomic E-state index is -0.791. The Morgan fingerprint density at radius 2 is 1.90 bits per heavy atom. The van der Waals surface area contributed by atoms with E-state index in [0.29, 0.717) is 24.6 Å². The molecule has 0 radical (unpaired) electrons. The zero-order valence-electron chi connectivity index (χ0n) is 16.2. The van der Waals surface area contributed by atoms with Gasteiger partial charge in [0.2, 0.25) is 0 Å². The molecule has 0 aliphatic heterocycles. The second-order valence-electron chi connectivity index (χ2n) is 6.01. The van der Waals surface area contributed by atoms with Gasteiger partial charge in [-0.3, -0.25) is 14.9 Å². The molecule has 9 heteroatoms. The molecule has 2 aromatic rings. The normalized spacial score (nSPS) is 10.4. The van der Waals surface area contributed by atoms with Crippen LogP contribution in [0.15, 0.2) is 53.4 Å². The molecule has 0 aliphatic rings. The molecule has 0 N–H and O–H groups in total. The van der Waals surface area contributed by atoms with Crippen LogP contribution < -0.4 is 0 Å². The molecule has 0 heterocycles. The quantitative estimate of drug-likeness (QED) is 0.253. The van der Waals surface area contributed by atoms with E-state index in [1.807, 2.05) is 30.3 Å². The van der Waals surface area contributed by atoms with E-state index >= 15 is 0 Å². The minimum absolute atomic E-state index is 0.0220. The molecule has 1 amide bonds. The third-order valence-corrected chi connectivity index (χ3v) is 4.86. The Bertz CT molecular complexity index is 859. The zero-order valence-corrected chi connectivity index (χ0v) is 17.0. The molecule has 0 spiro atoms. The van der Waals surface area contributed by atoms with Gasteiger partial charge in [-0.2, -0.15) is 0 Å². The topological polar surface area (TPSA) is 99.0 Å². The average Bonchev–Trinajstić information content (AvgIpc) is 2.74. The number of hydrogen-bond acceptors (Lipinski definition) is 7. The lowest BCUT2D eigenvalue weighted by Crippen LogP contribution is -2.36. The summed E-state index contributed by atoms with van der Waals surface area (Å²) >= 11 is 1.21. The van der Waals surface area contributed by atoms with Gasteiger partial charge in [0, 0.05) is 26.3 Å². The summed E-state index contributed by atoms with van der Waals surface area (Å²) in [5, 5.41) is 11.2. The number of nitro groups is 1. The monoisotopic (exact) mass is 418 g/mol. The predicted molar refractivity (Wildman–Crippen MR) is 109 cm³/mol. The molecule has 0 bridgehead atoms. The second-order valence-corrected chi connectivity index (χ2v) is 6.86. The van der Waals surface area contributed by atoms with Crippen LogP contribution in [0.4, 0.5) is 5.69 Å². The van der Waals surface area contributed by atoms with Crippen molar-refractivity contribution in [1.82, 2.24) is 4.90 Å². The number of methoxy groups -OCH3 is 1. The molecular formula is C20H22N2O6S. The number of carbonyl (C=O) groups excluding carboxylic acids is 2. The van der Waals surface area contributed by atoms with Gasteiger partial charge in [0.05, 0.1) is 22.0 Å². The predicted octanol–water partition coefficient (Wildman–Crippen LogP) is 3.15. The maximum Gasteiger partial charge on any atom is 0.338 e. The van der Waals surface area contributed by atoms with E-state index in [1.54, 1.807) is 6.26 Å². The van der Waals surface area contributed by atoms with Crippen LogP contribution in [0.5, 0.6) is 0 Å². The van der Waals surface area contributed by atoms with Gasteiger partial charge in [-0.05, 0) is 24.0 Å². The lowest BCUT2D eigenvalue weighted by molar-refractivity contribution is -0.387. The number of carbonyl (C=O) groups is 2. The highest BCUT2D eigenvalue weighted by Crippen LogP contribution is 2.28. The van der Waals surface area contributed by atoms with Crippen molar-refractivity contribution in [3.05, 3.63) is 69.8 Å². The van der Waals surface area contributed by atoms with Gasteiger partial charge in [0.1, 0.15) is 0 Å². The fraction of sp³-hybridized carbons (Fsp3) is 0.300. The van der Waals surface area contributed by atoms with Gasteiger partial charge < -0.3 is 14.4 Å². The average molecular weight is 418 g/mol. The maximum atomic E-state index is 12.5. The van der Waals surface area contributed by atoms with Gasteiger partial charge in [0.15, 0.2) is 6.61 Å². The summed E-state index contributed by atoms with van der Waals surface area (Å²) in [6.07, 6.45) is 1.71. The van der Waals surface area contributed by atoms with Gasteiger partial charge >= 0.3 is 5.97 Å². The Kier molecular flexibility index (Phi) is 8.63.